The van der Waals surface area contributed by atoms with E-state index >= 15 is 0 Å². The van der Waals surface area contributed by atoms with Gasteiger partial charge in [-0.05, 0) is 0 Å². The van der Waals surface area contributed by atoms with E-state index in [0.29, 0.717) is 11.1 Å². The summed E-state index contributed by atoms with van der Waals surface area (Å²) in [6.07, 6.45) is 0. The van der Waals surface area contributed by atoms with Gasteiger partial charge in [0.05, 0.1) is 18.9 Å². The van der Waals surface area contributed by atoms with Crippen LogP contribution in [0.4, 0.5) is 0 Å². The van der Waals surface area contributed by atoms with Crippen LogP contribution in [0, 0.1) is 11.8 Å². The normalized spacial score (nSPS) is 15.2. The highest BCUT2D eigenvalue weighted by molar-refractivity contribution is 6.27. The molecule has 1 aromatic rings. The highest BCUT2D eigenvalue weighted by Crippen LogP contribution is 2.31. The van der Waals surface area contributed by atoms with E-state index in [-0.39, 0.29) is 17.3 Å². The van der Waals surface area contributed by atoms with Gasteiger partial charge in [0.15, 0.2) is 11.6 Å². The first-order valence-electron chi connectivity index (χ1n) is 6.64. The molecule has 0 aromatic heterocycles. The second-order valence-electron chi connectivity index (χ2n) is 5.00. The molecule has 2 rings (SSSR count). The van der Waals surface area contributed by atoms with Gasteiger partial charge in [-0.1, -0.05) is 37.8 Å². The summed E-state index contributed by atoms with van der Waals surface area (Å²) in [5, 5.41) is 2.26. The first-order chi connectivity index (χ1) is 10.4. The van der Waals surface area contributed by atoms with E-state index in [2.05, 4.69) is 16.6 Å². The number of ether oxygens (including phenoxy) is 1. The van der Waals surface area contributed by atoms with E-state index in [4.69, 9.17) is 0 Å². The molecule has 0 heterocycles. The average Bonchev–Trinajstić information content (AvgIpc) is 2.77. The van der Waals surface area contributed by atoms with E-state index in [1.165, 1.54) is 6.92 Å². The van der Waals surface area contributed by atoms with Crippen LogP contribution in [0.1, 0.15) is 27.6 Å². The fraction of sp³-hybridized carbons (Fsp3) is 0.250. The van der Waals surface area contributed by atoms with Crippen LogP contribution in [-0.2, 0) is 14.3 Å². The van der Waals surface area contributed by atoms with Crippen molar-refractivity contribution < 1.29 is 23.9 Å². The maximum absolute atomic E-state index is 12.3. The van der Waals surface area contributed by atoms with Crippen molar-refractivity contribution in [2.24, 2.45) is 11.8 Å². The smallest absolute Gasteiger partial charge is 0.353 e. The van der Waals surface area contributed by atoms with Crippen molar-refractivity contribution in [3.63, 3.8) is 0 Å². The summed E-state index contributed by atoms with van der Waals surface area (Å²) in [5.41, 5.74) is 0.405. The molecule has 6 nitrogen and oxygen atoms in total. The number of hydrogen-bond donors (Lipinski definition) is 1. The molecule has 22 heavy (non-hydrogen) atoms. The molecule has 114 valence electrons. The lowest BCUT2D eigenvalue weighted by Crippen LogP contribution is -2.38. The zero-order chi connectivity index (χ0) is 16.4. The number of carbonyl (C=O) groups is 4. The Hall–Kier alpha value is -2.76. The van der Waals surface area contributed by atoms with Gasteiger partial charge in [0, 0.05) is 11.1 Å². The number of rotatable bonds is 4. The second-order valence-corrected chi connectivity index (χ2v) is 5.00. The molecule has 1 atom stereocenters. The number of ketones is 2. The first-order valence-corrected chi connectivity index (χ1v) is 6.64. The molecule has 0 spiro atoms. The van der Waals surface area contributed by atoms with Gasteiger partial charge in [-0.2, -0.15) is 0 Å². The Morgan fingerprint density at radius 1 is 1.18 bits per heavy atom. The van der Waals surface area contributed by atoms with Crippen molar-refractivity contribution in [2.75, 3.05) is 7.11 Å². The fourth-order valence-electron chi connectivity index (χ4n) is 2.41. The summed E-state index contributed by atoms with van der Waals surface area (Å²) in [6.45, 7) is 4.84. The van der Waals surface area contributed by atoms with Crippen molar-refractivity contribution in [3.05, 3.63) is 47.7 Å². The number of hydrogen-bond acceptors (Lipinski definition) is 5. The predicted molar refractivity (Wildman–Crippen MR) is 77.1 cm³/mol. The Morgan fingerprint density at radius 2 is 1.68 bits per heavy atom. The molecule has 1 N–H and O–H groups in total. The van der Waals surface area contributed by atoms with Gasteiger partial charge in [0.25, 0.3) is 0 Å². The molecule has 0 saturated carbocycles. The van der Waals surface area contributed by atoms with Crippen LogP contribution < -0.4 is 5.32 Å². The largest absolute Gasteiger partial charge is 0.464 e. The maximum Gasteiger partial charge on any atom is 0.353 e. The minimum Gasteiger partial charge on any atom is -0.464 e. The minimum absolute atomic E-state index is 0.241. The lowest BCUT2D eigenvalue weighted by Gasteiger charge is -2.16. The Kier molecular flexibility index (Phi) is 4.21. The number of Topliss-reactive ketones (excluding diaryl/α,β-unsaturated/α-hetero) is 2. The van der Waals surface area contributed by atoms with E-state index < -0.39 is 23.7 Å². The Labute approximate surface area is 127 Å². The SMILES string of the molecule is C=C(NC(=O)[C@H](C)C1C(=O)c2ccccc2C1=O)C(=O)OC. The van der Waals surface area contributed by atoms with Gasteiger partial charge in [0.2, 0.25) is 5.91 Å². The van der Waals surface area contributed by atoms with Crippen molar-refractivity contribution in [3.8, 4) is 0 Å². The van der Waals surface area contributed by atoms with Crippen LogP contribution in [0.3, 0.4) is 0 Å². The van der Waals surface area contributed by atoms with Crippen molar-refractivity contribution >= 4 is 23.4 Å². The number of methoxy groups -OCH3 is 1. The van der Waals surface area contributed by atoms with Gasteiger partial charge in [-0.3, -0.25) is 14.4 Å². The van der Waals surface area contributed by atoms with Crippen LogP contribution in [0.15, 0.2) is 36.5 Å². The number of esters is 1. The van der Waals surface area contributed by atoms with Crippen LogP contribution in [-0.4, -0.2) is 30.6 Å². The van der Waals surface area contributed by atoms with Crippen molar-refractivity contribution in [1.82, 2.24) is 5.32 Å². The molecule has 1 aliphatic rings. The zero-order valence-corrected chi connectivity index (χ0v) is 12.2. The number of fused-ring (bicyclic) bond motifs is 1. The Balaban J connectivity index is 2.18. The highest BCUT2D eigenvalue weighted by atomic mass is 16.5. The van der Waals surface area contributed by atoms with Crippen LogP contribution in [0.5, 0.6) is 0 Å². The van der Waals surface area contributed by atoms with E-state index in [1.807, 2.05) is 0 Å². The van der Waals surface area contributed by atoms with E-state index in [1.54, 1.807) is 24.3 Å². The summed E-state index contributed by atoms with van der Waals surface area (Å²) < 4.78 is 4.42. The summed E-state index contributed by atoms with van der Waals surface area (Å²) in [7, 11) is 1.16. The molecular formula is C16H15NO5. The average molecular weight is 301 g/mol. The van der Waals surface area contributed by atoms with Gasteiger partial charge in [0.1, 0.15) is 5.70 Å². The molecule has 0 aliphatic heterocycles. The molecule has 1 aromatic carbocycles. The van der Waals surface area contributed by atoms with Crippen molar-refractivity contribution in [2.45, 2.75) is 6.92 Å². The first kappa shape index (κ1) is 15.6. The lowest BCUT2D eigenvalue weighted by molar-refractivity contribution is -0.138. The predicted octanol–water partition coefficient (Wildman–Crippen LogP) is 1.12. The third kappa shape index (κ3) is 2.55. The molecular weight excluding hydrogens is 286 g/mol. The van der Waals surface area contributed by atoms with Crippen LogP contribution in [0.25, 0.3) is 0 Å². The van der Waals surface area contributed by atoms with Crippen LogP contribution >= 0.6 is 0 Å². The minimum atomic E-state index is -1.08. The quantitative estimate of drug-likeness (QED) is 0.511. The fourth-order valence-corrected chi connectivity index (χ4v) is 2.41. The molecule has 0 radical (unpaired) electrons. The van der Waals surface area contributed by atoms with Gasteiger partial charge in [-0.25, -0.2) is 4.79 Å². The topological polar surface area (TPSA) is 89.5 Å². The Morgan fingerprint density at radius 3 is 2.14 bits per heavy atom. The second kappa shape index (κ2) is 5.93. The maximum atomic E-state index is 12.3. The highest BCUT2D eigenvalue weighted by Gasteiger charge is 2.44. The van der Waals surface area contributed by atoms with E-state index in [0.717, 1.165) is 7.11 Å². The monoisotopic (exact) mass is 301 g/mol. The van der Waals surface area contributed by atoms with Gasteiger partial charge < -0.3 is 10.1 Å². The lowest BCUT2D eigenvalue weighted by atomic mass is 9.89. The molecule has 0 unspecified atom stereocenters. The molecule has 1 aliphatic carbocycles. The van der Waals surface area contributed by atoms with Crippen LogP contribution in [0.2, 0.25) is 0 Å². The molecule has 0 fully saturated rings. The van der Waals surface area contributed by atoms with Gasteiger partial charge in [-0.15, -0.1) is 0 Å². The Bertz CT molecular complexity index is 657. The standard InChI is InChI=1S/C16H15NO5/c1-8(15(20)17-9(2)16(21)22-3)12-13(18)10-6-4-5-7-11(10)14(12)19/h4-8,12H,2H2,1,3H3,(H,17,20)/t8-/m1/s1. The summed E-state index contributed by atoms with van der Waals surface area (Å²) in [6, 6.07) is 6.45. The zero-order valence-electron chi connectivity index (χ0n) is 12.2. The van der Waals surface area contributed by atoms with Gasteiger partial charge >= 0.3 is 5.97 Å². The summed E-state index contributed by atoms with van der Waals surface area (Å²) >= 11 is 0. The molecule has 1 amide bonds. The summed E-state index contributed by atoms with van der Waals surface area (Å²) in [5.74, 6) is -4.18. The number of amides is 1. The van der Waals surface area contributed by atoms with Crippen molar-refractivity contribution in [1.29, 1.82) is 0 Å². The number of nitrogens with one attached hydrogen (secondary N) is 1. The number of benzene rings is 1. The third-order valence-corrected chi connectivity index (χ3v) is 3.64. The van der Waals surface area contributed by atoms with E-state index in [9.17, 15) is 19.2 Å². The third-order valence-electron chi connectivity index (χ3n) is 3.64. The molecule has 6 heteroatoms. The molecule has 0 saturated heterocycles. The summed E-state index contributed by atoms with van der Waals surface area (Å²) in [4.78, 5) is 48.0. The molecule has 0 bridgehead atoms. The number of carbonyl (C=O) groups excluding carboxylic acids is 4.